The van der Waals surface area contributed by atoms with Gasteiger partial charge in [0.05, 0.1) is 35.1 Å². The van der Waals surface area contributed by atoms with Gasteiger partial charge in [0.2, 0.25) is 0 Å². The van der Waals surface area contributed by atoms with E-state index in [4.69, 9.17) is 0 Å². The van der Waals surface area contributed by atoms with Crippen LogP contribution in [-0.2, 0) is 9.84 Å². The van der Waals surface area contributed by atoms with Gasteiger partial charge in [0.1, 0.15) is 5.82 Å². The van der Waals surface area contributed by atoms with Crippen molar-refractivity contribution in [3.8, 4) is 0 Å². The Bertz CT molecular complexity index is 872. The zero-order valence-electron chi connectivity index (χ0n) is 13.5. The van der Waals surface area contributed by atoms with E-state index in [0.29, 0.717) is 12.1 Å². The summed E-state index contributed by atoms with van der Waals surface area (Å²) >= 11 is 0. The molecule has 1 N–H and O–H groups in total. The van der Waals surface area contributed by atoms with Crippen molar-refractivity contribution in [3.05, 3.63) is 47.0 Å². The van der Waals surface area contributed by atoms with Crippen LogP contribution in [0.5, 0.6) is 0 Å². The number of nitrogens with one attached hydrogen (secondary N) is 1. The average Bonchev–Trinajstić information content (AvgIpc) is 3.02. The molecular formula is C16H19FN4O2S. The van der Waals surface area contributed by atoms with E-state index in [9.17, 15) is 12.8 Å². The normalized spacial score (nSPS) is 19.9. The van der Waals surface area contributed by atoms with Gasteiger partial charge in [-0.2, -0.15) is 10.2 Å². The van der Waals surface area contributed by atoms with Gasteiger partial charge < -0.3 is 0 Å². The maximum atomic E-state index is 12.9. The average molecular weight is 350 g/mol. The fraction of sp³-hybridized carbons (Fsp3) is 0.375. The third kappa shape index (κ3) is 3.48. The molecular weight excluding hydrogens is 331 g/mol. The van der Waals surface area contributed by atoms with E-state index in [1.54, 1.807) is 23.0 Å². The van der Waals surface area contributed by atoms with E-state index in [2.05, 4.69) is 15.6 Å². The molecule has 1 saturated heterocycles. The Hall–Kier alpha value is -2.22. The molecule has 0 spiro atoms. The highest BCUT2D eigenvalue weighted by atomic mass is 32.2. The number of rotatable bonds is 4. The Morgan fingerprint density at radius 3 is 2.67 bits per heavy atom. The van der Waals surface area contributed by atoms with Crippen LogP contribution >= 0.6 is 0 Å². The second-order valence-electron chi connectivity index (χ2n) is 5.96. The summed E-state index contributed by atoms with van der Waals surface area (Å²) in [5.74, 6) is 0.0503. The van der Waals surface area contributed by atoms with Gasteiger partial charge in [0.25, 0.3) is 0 Å². The lowest BCUT2D eigenvalue weighted by molar-refractivity contribution is 0.486. The lowest BCUT2D eigenvalue weighted by Gasteiger charge is -2.10. The van der Waals surface area contributed by atoms with Crippen molar-refractivity contribution in [2.45, 2.75) is 26.3 Å². The number of aromatic nitrogens is 2. The highest BCUT2D eigenvalue weighted by Gasteiger charge is 2.31. The molecule has 2 heterocycles. The summed E-state index contributed by atoms with van der Waals surface area (Å²) in [6.07, 6.45) is 2.25. The van der Waals surface area contributed by atoms with E-state index < -0.39 is 9.84 Å². The molecule has 1 aliphatic rings. The molecule has 3 rings (SSSR count). The summed E-state index contributed by atoms with van der Waals surface area (Å²) in [6.45, 7) is 3.77. The van der Waals surface area contributed by atoms with Crippen LogP contribution in [0.4, 0.5) is 10.1 Å². The summed E-state index contributed by atoms with van der Waals surface area (Å²) in [5, 5.41) is 8.64. The summed E-state index contributed by atoms with van der Waals surface area (Å²) in [6, 6.07) is 5.79. The number of nitrogens with zero attached hydrogens (tertiary/aromatic N) is 3. The van der Waals surface area contributed by atoms with Crippen LogP contribution in [0, 0.1) is 19.7 Å². The van der Waals surface area contributed by atoms with Crippen LogP contribution in [-0.4, -0.2) is 35.9 Å². The standard InChI is InChI=1S/C16H19FN4O2S/c1-11-16(9-18-19-14-5-3-13(17)4-6-14)12(2)21(20-11)15-7-8-24(22,23)10-15/h3-6,9,15,19H,7-8,10H2,1-2H3/b18-9-/t15-/m0/s1. The zero-order valence-corrected chi connectivity index (χ0v) is 14.3. The zero-order chi connectivity index (χ0) is 17.3. The molecule has 128 valence electrons. The third-order valence-corrected chi connectivity index (χ3v) is 5.92. The molecule has 6 nitrogen and oxygen atoms in total. The second-order valence-corrected chi connectivity index (χ2v) is 8.19. The lowest BCUT2D eigenvalue weighted by atomic mass is 10.2. The van der Waals surface area contributed by atoms with Crippen LogP contribution in [0.1, 0.15) is 29.4 Å². The molecule has 0 aliphatic carbocycles. The van der Waals surface area contributed by atoms with Crippen molar-refractivity contribution in [1.29, 1.82) is 0 Å². The van der Waals surface area contributed by atoms with Gasteiger partial charge in [0.15, 0.2) is 9.84 Å². The first kappa shape index (κ1) is 16.6. The molecule has 1 aromatic heterocycles. The molecule has 1 aliphatic heterocycles. The molecule has 1 atom stereocenters. The number of hydrogen-bond acceptors (Lipinski definition) is 5. The van der Waals surface area contributed by atoms with Crippen molar-refractivity contribution in [1.82, 2.24) is 9.78 Å². The van der Waals surface area contributed by atoms with E-state index in [1.165, 1.54) is 12.1 Å². The van der Waals surface area contributed by atoms with Crippen molar-refractivity contribution in [3.63, 3.8) is 0 Å². The van der Waals surface area contributed by atoms with Gasteiger partial charge in [0, 0.05) is 11.3 Å². The van der Waals surface area contributed by atoms with Crippen LogP contribution < -0.4 is 5.43 Å². The van der Waals surface area contributed by atoms with Crippen LogP contribution in [0.2, 0.25) is 0 Å². The minimum Gasteiger partial charge on any atom is -0.278 e. The second kappa shape index (κ2) is 6.35. The molecule has 0 saturated carbocycles. The van der Waals surface area contributed by atoms with Crippen LogP contribution in [0.3, 0.4) is 0 Å². The van der Waals surface area contributed by atoms with Gasteiger partial charge >= 0.3 is 0 Å². The van der Waals surface area contributed by atoms with Crippen molar-refractivity contribution in [2.75, 3.05) is 16.9 Å². The SMILES string of the molecule is Cc1nn([C@H]2CCS(=O)(=O)C2)c(C)c1/C=N\Nc1ccc(F)cc1. The predicted molar refractivity (Wildman–Crippen MR) is 91.6 cm³/mol. The highest BCUT2D eigenvalue weighted by molar-refractivity contribution is 7.91. The van der Waals surface area contributed by atoms with Crippen LogP contribution in [0.15, 0.2) is 29.4 Å². The van der Waals surface area contributed by atoms with Gasteiger partial charge in [-0.1, -0.05) is 0 Å². The summed E-state index contributed by atoms with van der Waals surface area (Å²) < 4.78 is 38.0. The van der Waals surface area contributed by atoms with E-state index >= 15 is 0 Å². The fourth-order valence-electron chi connectivity index (χ4n) is 2.88. The van der Waals surface area contributed by atoms with Crippen molar-refractivity contribution in [2.24, 2.45) is 5.10 Å². The maximum absolute atomic E-state index is 12.9. The third-order valence-electron chi connectivity index (χ3n) is 4.17. The van der Waals surface area contributed by atoms with E-state index in [1.807, 2.05) is 13.8 Å². The predicted octanol–water partition coefficient (Wildman–Crippen LogP) is 2.44. The van der Waals surface area contributed by atoms with Crippen LogP contribution in [0.25, 0.3) is 0 Å². The monoisotopic (exact) mass is 350 g/mol. The van der Waals surface area contributed by atoms with Crippen molar-refractivity contribution >= 4 is 21.7 Å². The quantitative estimate of drug-likeness (QED) is 0.679. The molecule has 1 aromatic carbocycles. The van der Waals surface area contributed by atoms with Gasteiger partial charge in [-0.15, -0.1) is 0 Å². The number of aryl methyl sites for hydroxylation is 1. The molecule has 8 heteroatoms. The Morgan fingerprint density at radius 1 is 1.33 bits per heavy atom. The van der Waals surface area contributed by atoms with E-state index in [-0.39, 0.29) is 23.4 Å². The topological polar surface area (TPSA) is 76.3 Å². The summed E-state index contributed by atoms with van der Waals surface area (Å²) in [7, 11) is -2.96. The minimum atomic E-state index is -2.96. The molecule has 0 bridgehead atoms. The van der Waals surface area contributed by atoms with E-state index in [0.717, 1.165) is 17.0 Å². The van der Waals surface area contributed by atoms with Gasteiger partial charge in [-0.05, 0) is 44.5 Å². The Kier molecular flexibility index (Phi) is 4.40. The first-order valence-electron chi connectivity index (χ1n) is 7.66. The Balaban J connectivity index is 1.77. The number of benzene rings is 1. The first-order valence-corrected chi connectivity index (χ1v) is 9.48. The number of hydrazone groups is 1. The molecule has 0 amide bonds. The lowest BCUT2D eigenvalue weighted by Crippen LogP contribution is -2.14. The molecule has 24 heavy (non-hydrogen) atoms. The smallest absolute Gasteiger partial charge is 0.152 e. The molecule has 2 aromatic rings. The number of sulfone groups is 1. The van der Waals surface area contributed by atoms with Gasteiger partial charge in [-0.3, -0.25) is 10.1 Å². The molecule has 0 unspecified atom stereocenters. The Morgan fingerprint density at radius 2 is 2.04 bits per heavy atom. The molecule has 0 radical (unpaired) electrons. The summed E-state index contributed by atoms with van der Waals surface area (Å²) in [5.41, 5.74) is 6.05. The maximum Gasteiger partial charge on any atom is 0.152 e. The molecule has 1 fully saturated rings. The largest absolute Gasteiger partial charge is 0.278 e. The Labute approximate surface area is 140 Å². The highest BCUT2D eigenvalue weighted by Crippen LogP contribution is 2.26. The van der Waals surface area contributed by atoms with Gasteiger partial charge in [-0.25, -0.2) is 12.8 Å². The fourth-order valence-corrected chi connectivity index (χ4v) is 4.57. The van der Waals surface area contributed by atoms with Crippen molar-refractivity contribution < 1.29 is 12.8 Å². The number of anilines is 1. The number of halogens is 1. The summed E-state index contributed by atoms with van der Waals surface area (Å²) in [4.78, 5) is 0. The first-order chi connectivity index (χ1) is 11.4. The minimum absolute atomic E-state index is 0.110. The number of hydrogen-bond donors (Lipinski definition) is 1.